The molecular formula is C24H32N4O2. The molecule has 1 amide bonds. The molecule has 0 spiro atoms. The molecule has 1 saturated heterocycles. The molecule has 1 aliphatic heterocycles. The first-order valence-corrected chi connectivity index (χ1v) is 10.5. The Kier molecular flexibility index (Phi) is 7.71. The van der Waals surface area contributed by atoms with Crippen LogP contribution in [0.5, 0.6) is 5.75 Å². The lowest BCUT2D eigenvalue weighted by Gasteiger charge is -2.22. The Morgan fingerprint density at radius 3 is 2.57 bits per heavy atom. The summed E-state index contributed by atoms with van der Waals surface area (Å²) in [5.74, 6) is 2.17. The molecule has 0 aromatic heterocycles. The van der Waals surface area contributed by atoms with Gasteiger partial charge in [-0.1, -0.05) is 42.5 Å². The van der Waals surface area contributed by atoms with Crippen molar-refractivity contribution in [2.24, 2.45) is 4.99 Å². The molecule has 30 heavy (non-hydrogen) atoms. The van der Waals surface area contributed by atoms with E-state index in [1.807, 2.05) is 12.1 Å². The first kappa shape index (κ1) is 21.7. The van der Waals surface area contributed by atoms with Crippen LogP contribution in [0.3, 0.4) is 0 Å². The minimum Gasteiger partial charge on any atom is -0.497 e. The van der Waals surface area contributed by atoms with Gasteiger partial charge in [0.05, 0.1) is 7.11 Å². The minimum absolute atomic E-state index is 0.00302. The van der Waals surface area contributed by atoms with E-state index >= 15 is 0 Å². The summed E-state index contributed by atoms with van der Waals surface area (Å²) < 4.78 is 5.22. The number of guanidine groups is 1. The number of carbonyl (C=O) groups is 1. The molecule has 160 valence electrons. The van der Waals surface area contributed by atoms with E-state index in [2.05, 4.69) is 57.7 Å². The highest BCUT2D eigenvalue weighted by Crippen LogP contribution is 2.26. The third-order valence-corrected chi connectivity index (χ3v) is 5.48. The molecule has 0 aliphatic carbocycles. The highest BCUT2D eigenvalue weighted by atomic mass is 16.5. The predicted octanol–water partition coefficient (Wildman–Crippen LogP) is 2.76. The number of aliphatic imine (C=N–C) groups is 1. The van der Waals surface area contributed by atoms with Crippen molar-refractivity contribution in [1.82, 2.24) is 15.1 Å². The van der Waals surface area contributed by atoms with Crippen molar-refractivity contribution in [3.05, 3.63) is 65.7 Å². The van der Waals surface area contributed by atoms with Crippen LogP contribution < -0.4 is 10.1 Å². The number of likely N-dealkylation sites (tertiary alicyclic amines) is 1. The van der Waals surface area contributed by atoms with E-state index in [1.54, 1.807) is 26.1 Å². The fourth-order valence-electron chi connectivity index (χ4n) is 3.61. The normalized spacial score (nSPS) is 16.4. The van der Waals surface area contributed by atoms with Crippen molar-refractivity contribution in [1.29, 1.82) is 0 Å². The van der Waals surface area contributed by atoms with E-state index in [0.29, 0.717) is 5.92 Å². The Hall–Kier alpha value is -3.02. The lowest BCUT2D eigenvalue weighted by molar-refractivity contribution is -0.127. The van der Waals surface area contributed by atoms with Crippen molar-refractivity contribution in [3.8, 4) is 5.75 Å². The molecule has 6 heteroatoms. The van der Waals surface area contributed by atoms with Crippen molar-refractivity contribution in [2.75, 3.05) is 47.4 Å². The zero-order valence-electron chi connectivity index (χ0n) is 18.2. The lowest BCUT2D eigenvalue weighted by atomic mass is 9.99. The third kappa shape index (κ3) is 5.99. The molecule has 1 fully saturated rings. The van der Waals surface area contributed by atoms with E-state index in [1.165, 1.54) is 11.1 Å². The highest BCUT2D eigenvalue weighted by molar-refractivity contribution is 5.85. The predicted molar refractivity (Wildman–Crippen MR) is 121 cm³/mol. The molecule has 2 aromatic rings. The van der Waals surface area contributed by atoms with Gasteiger partial charge in [-0.3, -0.25) is 4.79 Å². The summed E-state index contributed by atoms with van der Waals surface area (Å²) in [5, 5.41) is 3.48. The van der Waals surface area contributed by atoms with Gasteiger partial charge >= 0.3 is 0 Å². The topological polar surface area (TPSA) is 57.2 Å². The molecule has 2 aromatic carbocycles. The maximum absolute atomic E-state index is 12.1. The Labute approximate surface area is 179 Å². The Morgan fingerprint density at radius 1 is 1.17 bits per heavy atom. The zero-order valence-corrected chi connectivity index (χ0v) is 18.2. The molecule has 6 nitrogen and oxygen atoms in total. The average molecular weight is 409 g/mol. The van der Waals surface area contributed by atoms with Crippen molar-refractivity contribution in [2.45, 2.75) is 18.8 Å². The number of methoxy groups -OCH3 is 1. The van der Waals surface area contributed by atoms with Crippen LogP contribution in [0.2, 0.25) is 0 Å². The molecule has 0 saturated carbocycles. The van der Waals surface area contributed by atoms with Gasteiger partial charge in [-0.25, -0.2) is 4.99 Å². The van der Waals surface area contributed by atoms with E-state index < -0.39 is 0 Å². The van der Waals surface area contributed by atoms with Gasteiger partial charge in [0, 0.05) is 39.6 Å². The first-order valence-electron chi connectivity index (χ1n) is 10.5. The van der Waals surface area contributed by atoms with Crippen LogP contribution in [-0.4, -0.2) is 69.1 Å². The van der Waals surface area contributed by atoms with Gasteiger partial charge in [-0.05, 0) is 36.1 Å². The maximum atomic E-state index is 12.1. The Bertz CT molecular complexity index is 834. The second-order valence-electron chi connectivity index (χ2n) is 7.80. The van der Waals surface area contributed by atoms with Crippen LogP contribution >= 0.6 is 0 Å². The number of nitrogens with one attached hydrogen (secondary N) is 1. The summed E-state index contributed by atoms with van der Waals surface area (Å²) in [6.07, 6.45) is 1.96. The number of carbonyl (C=O) groups excluding carboxylic acids is 1. The van der Waals surface area contributed by atoms with Gasteiger partial charge < -0.3 is 19.9 Å². The van der Waals surface area contributed by atoms with Crippen LogP contribution in [0.1, 0.15) is 23.5 Å². The summed E-state index contributed by atoms with van der Waals surface area (Å²) in [4.78, 5) is 20.5. The molecule has 3 rings (SSSR count). The molecule has 1 atom stereocenters. The lowest BCUT2D eigenvalue weighted by Crippen LogP contribution is -2.41. The maximum Gasteiger partial charge on any atom is 0.243 e. The van der Waals surface area contributed by atoms with E-state index in [9.17, 15) is 4.79 Å². The van der Waals surface area contributed by atoms with E-state index in [4.69, 9.17) is 4.74 Å². The van der Waals surface area contributed by atoms with Crippen LogP contribution in [0.25, 0.3) is 0 Å². The third-order valence-electron chi connectivity index (χ3n) is 5.48. The second kappa shape index (κ2) is 10.7. The minimum atomic E-state index is 0.00302. The number of nitrogens with zero attached hydrogens (tertiary/aromatic N) is 3. The van der Waals surface area contributed by atoms with Crippen molar-refractivity contribution >= 4 is 11.9 Å². The average Bonchev–Trinajstić information content (AvgIpc) is 3.27. The first-order chi connectivity index (χ1) is 14.6. The summed E-state index contributed by atoms with van der Waals surface area (Å²) >= 11 is 0. The summed E-state index contributed by atoms with van der Waals surface area (Å²) in [7, 11) is 5.19. The SMILES string of the molecule is COc1ccc(CCNC(=NCC(=O)N(C)C)N2CCC(c3ccccc3)C2)cc1. The van der Waals surface area contributed by atoms with Crippen LogP contribution in [0, 0.1) is 0 Å². The van der Waals surface area contributed by atoms with Crippen LogP contribution in [-0.2, 0) is 11.2 Å². The molecular weight excluding hydrogens is 376 g/mol. The van der Waals surface area contributed by atoms with Gasteiger partial charge in [-0.2, -0.15) is 0 Å². The molecule has 1 N–H and O–H groups in total. The summed E-state index contributed by atoms with van der Waals surface area (Å²) in [5.41, 5.74) is 2.59. The van der Waals surface area contributed by atoms with E-state index in [0.717, 1.165) is 44.2 Å². The number of hydrogen-bond donors (Lipinski definition) is 1. The largest absolute Gasteiger partial charge is 0.497 e. The Morgan fingerprint density at radius 2 is 1.90 bits per heavy atom. The smallest absolute Gasteiger partial charge is 0.243 e. The van der Waals surface area contributed by atoms with Crippen molar-refractivity contribution < 1.29 is 9.53 Å². The number of likely N-dealkylation sites (N-methyl/N-ethyl adjacent to an activating group) is 1. The van der Waals surface area contributed by atoms with Gasteiger partial charge in [0.25, 0.3) is 0 Å². The number of hydrogen-bond acceptors (Lipinski definition) is 3. The number of rotatable bonds is 7. The molecule has 0 radical (unpaired) electrons. The van der Waals surface area contributed by atoms with Crippen molar-refractivity contribution in [3.63, 3.8) is 0 Å². The standard InChI is InChI=1S/C24H32N4O2/c1-27(2)23(29)17-26-24(25-15-13-19-9-11-22(30-3)12-10-19)28-16-14-21(18-28)20-7-5-4-6-8-20/h4-12,21H,13-18H2,1-3H3,(H,25,26). The number of benzene rings is 2. The monoisotopic (exact) mass is 408 g/mol. The van der Waals surface area contributed by atoms with Gasteiger partial charge in [0.15, 0.2) is 5.96 Å². The number of ether oxygens (including phenoxy) is 1. The summed E-state index contributed by atoms with van der Waals surface area (Å²) in [6, 6.07) is 18.7. The molecule has 1 aliphatic rings. The fourth-order valence-corrected chi connectivity index (χ4v) is 3.61. The summed E-state index contributed by atoms with van der Waals surface area (Å²) in [6.45, 7) is 2.76. The number of amides is 1. The fraction of sp³-hybridized carbons (Fsp3) is 0.417. The zero-order chi connectivity index (χ0) is 21.3. The van der Waals surface area contributed by atoms with Gasteiger partial charge in [0.1, 0.15) is 12.3 Å². The highest BCUT2D eigenvalue weighted by Gasteiger charge is 2.26. The quantitative estimate of drug-likeness (QED) is 0.565. The van der Waals surface area contributed by atoms with E-state index in [-0.39, 0.29) is 12.5 Å². The molecule has 1 unspecified atom stereocenters. The molecule has 1 heterocycles. The Balaban J connectivity index is 1.62. The van der Waals surface area contributed by atoms with Gasteiger partial charge in [-0.15, -0.1) is 0 Å². The van der Waals surface area contributed by atoms with Gasteiger partial charge in [0.2, 0.25) is 5.91 Å². The van der Waals surface area contributed by atoms with Crippen LogP contribution in [0.15, 0.2) is 59.6 Å². The molecule has 0 bridgehead atoms. The second-order valence-corrected chi connectivity index (χ2v) is 7.80. The van der Waals surface area contributed by atoms with Crippen LogP contribution in [0.4, 0.5) is 0 Å².